The summed E-state index contributed by atoms with van der Waals surface area (Å²) in [6.45, 7) is 5.05. The van der Waals surface area contributed by atoms with Crippen molar-refractivity contribution >= 4 is 0 Å². The van der Waals surface area contributed by atoms with Crippen molar-refractivity contribution in [1.82, 2.24) is 4.90 Å². The zero-order chi connectivity index (χ0) is 12.6. The third-order valence-corrected chi connectivity index (χ3v) is 2.79. The van der Waals surface area contributed by atoms with E-state index in [1.807, 2.05) is 6.08 Å². The molecular formula is C14H18FNO2. The van der Waals surface area contributed by atoms with Crippen LogP contribution in [0, 0.1) is 5.82 Å². The summed E-state index contributed by atoms with van der Waals surface area (Å²) in [6.07, 6.45) is 4.08. The maximum absolute atomic E-state index is 12.7. The lowest BCUT2D eigenvalue weighted by atomic mass is 10.3. The van der Waals surface area contributed by atoms with Crippen LogP contribution in [0.4, 0.5) is 4.39 Å². The molecule has 98 valence electrons. The highest BCUT2D eigenvalue weighted by Gasteiger charge is 2.07. The van der Waals surface area contributed by atoms with Gasteiger partial charge in [-0.25, -0.2) is 4.39 Å². The van der Waals surface area contributed by atoms with E-state index in [0.29, 0.717) is 12.4 Å². The topological polar surface area (TPSA) is 21.7 Å². The Balaban J connectivity index is 1.63. The second-order valence-corrected chi connectivity index (χ2v) is 4.15. The second kappa shape index (κ2) is 7.13. The third kappa shape index (κ3) is 4.47. The quantitative estimate of drug-likeness (QED) is 0.748. The smallest absolute Gasteiger partial charge is 0.123 e. The Morgan fingerprint density at radius 1 is 1.17 bits per heavy atom. The van der Waals surface area contributed by atoms with Gasteiger partial charge in [-0.1, -0.05) is 12.2 Å². The fourth-order valence-corrected chi connectivity index (χ4v) is 1.75. The minimum atomic E-state index is -0.245. The van der Waals surface area contributed by atoms with Gasteiger partial charge in [0, 0.05) is 19.6 Å². The second-order valence-electron chi connectivity index (χ2n) is 4.15. The Morgan fingerprint density at radius 2 is 1.89 bits per heavy atom. The van der Waals surface area contributed by atoms with Crippen molar-refractivity contribution in [3.8, 4) is 5.75 Å². The molecule has 1 heterocycles. The highest BCUT2D eigenvalue weighted by Crippen LogP contribution is 2.10. The Bertz CT molecular complexity index is 372. The molecule has 4 heteroatoms. The van der Waals surface area contributed by atoms with Crippen molar-refractivity contribution in [3.63, 3.8) is 0 Å². The van der Waals surface area contributed by atoms with Gasteiger partial charge in [0.25, 0.3) is 0 Å². The molecule has 1 aliphatic rings. The predicted octanol–water partition coefficient (Wildman–Crippen LogP) is 2.09. The first-order valence-corrected chi connectivity index (χ1v) is 6.18. The number of benzene rings is 1. The van der Waals surface area contributed by atoms with Gasteiger partial charge >= 0.3 is 0 Å². The summed E-state index contributed by atoms with van der Waals surface area (Å²) in [4.78, 5) is 2.33. The molecule has 0 aromatic heterocycles. The van der Waals surface area contributed by atoms with Crippen LogP contribution in [0.5, 0.6) is 5.75 Å². The van der Waals surface area contributed by atoms with Gasteiger partial charge < -0.3 is 9.47 Å². The van der Waals surface area contributed by atoms with E-state index in [2.05, 4.69) is 11.0 Å². The summed E-state index contributed by atoms with van der Waals surface area (Å²) in [5.41, 5.74) is 0. The van der Waals surface area contributed by atoms with E-state index in [1.165, 1.54) is 12.1 Å². The molecule has 0 radical (unpaired) electrons. The SMILES string of the molecule is Fc1ccc(OCC=CCN2CCOCC2)cc1. The van der Waals surface area contributed by atoms with Gasteiger partial charge in [-0.2, -0.15) is 0 Å². The summed E-state index contributed by atoms with van der Waals surface area (Å²) < 4.78 is 23.4. The van der Waals surface area contributed by atoms with Crippen molar-refractivity contribution in [2.24, 2.45) is 0 Å². The van der Waals surface area contributed by atoms with E-state index >= 15 is 0 Å². The molecule has 1 aliphatic heterocycles. The lowest BCUT2D eigenvalue weighted by Crippen LogP contribution is -2.36. The molecule has 0 N–H and O–H groups in total. The van der Waals surface area contributed by atoms with Crippen LogP contribution < -0.4 is 4.74 Å². The van der Waals surface area contributed by atoms with Gasteiger partial charge in [0.1, 0.15) is 18.2 Å². The Labute approximate surface area is 107 Å². The lowest BCUT2D eigenvalue weighted by molar-refractivity contribution is 0.0434. The van der Waals surface area contributed by atoms with Gasteiger partial charge in [-0.15, -0.1) is 0 Å². The average molecular weight is 251 g/mol. The highest BCUT2D eigenvalue weighted by molar-refractivity contribution is 5.22. The van der Waals surface area contributed by atoms with Gasteiger partial charge in [-0.3, -0.25) is 4.90 Å². The zero-order valence-electron chi connectivity index (χ0n) is 10.3. The number of rotatable bonds is 5. The van der Waals surface area contributed by atoms with Crippen LogP contribution >= 0.6 is 0 Å². The van der Waals surface area contributed by atoms with Crippen molar-refractivity contribution in [1.29, 1.82) is 0 Å². The number of hydrogen-bond acceptors (Lipinski definition) is 3. The van der Waals surface area contributed by atoms with E-state index in [9.17, 15) is 4.39 Å². The molecule has 0 bridgehead atoms. The first-order valence-electron chi connectivity index (χ1n) is 6.18. The fourth-order valence-electron chi connectivity index (χ4n) is 1.75. The van der Waals surface area contributed by atoms with Crippen molar-refractivity contribution < 1.29 is 13.9 Å². The van der Waals surface area contributed by atoms with Crippen LogP contribution in [0.1, 0.15) is 0 Å². The molecule has 0 atom stereocenters. The first-order chi connectivity index (χ1) is 8.84. The van der Waals surface area contributed by atoms with Crippen molar-refractivity contribution in [2.45, 2.75) is 0 Å². The molecular weight excluding hydrogens is 233 g/mol. The summed E-state index contributed by atoms with van der Waals surface area (Å²) in [5.74, 6) is 0.442. The van der Waals surface area contributed by atoms with Crippen molar-refractivity contribution in [2.75, 3.05) is 39.5 Å². The number of nitrogens with zero attached hydrogens (tertiary/aromatic N) is 1. The molecule has 1 aromatic rings. The maximum atomic E-state index is 12.7. The molecule has 0 amide bonds. The summed E-state index contributed by atoms with van der Waals surface area (Å²) in [7, 11) is 0. The van der Waals surface area contributed by atoms with Crippen LogP contribution in [0.3, 0.4) is 0 Å². The fraction of sp³-hybridized carbons (Fsp3) is 0.429. The van der Waals surface area contributed by atoms with Crippen LogP contribution in [-0.2, 0) is 4.74 Å². The Morgan fingerprint density at radius 3 is 2.61 bits per heavy atom. The molecule has 0 unspecified atom stereocenters. The number of morpholine rings is 1. The van der Waals surface area contributed by atoms with Gasteiger partial charge in [-0.05, 0) is 24.3 Å². The monoisotopic (exact) mass is 251 g/mol. The minimum absolute atomic E-state index is 0.245. The summed E-state index contributed by atoms with van der Waals surface area (Å²) in [5, 5.41) is 0. The van der Waals surface area contributed by atoms with E-state index in [1.54, 1.807) is 12.1 Å². The molecule has 2 rings (SSSR count). The van der Waals surface area contributed by atoms with E-state index in [-0.39, 0.29) is 5.82 Å². The van der Waals surface area contributed by atoms with Gasteiger partial charge in [0.2, 0.25) is 0 Å². The molecule has 3 nitrogen and oxygen atoms in total. The van der Waals surface area contributed by atoms with Gasteiger partial charge in [0.15, 0.2) is 0 Å². The average Bonchev–Trinajstić information content (AvgIpc) is 2.42. The Kier molecular flexibility index (Phi) is 5.17. The van der Waals surface area contributed by atoms with Crippen molar-refractivity contribution in [3.05, 3.63) is 42.2 Å². The minimum Gasteiger partial charge on any atom is -0.490 e. The van der Waals surface area contributed by atoms with Crippen LogP contribution in [0.2, 0.25) is 0 Å². The number of hydrogen-bond donors (Lipinski definition) is 0. The maximum Gasteiger partial charge on any atom is 0.123 e. The molecule has 0 aliphatic carbocycles. The highest BCUT2D eigenvalue weighted by atomic mass is 19.1. The van der Waals surface area contributed by atoms with E-state index < -0.39 is 0 Å². The number of ether oxygens (including phenoxy) is 2. The third-order valence-electron chi connectivity index (χ3n) is 2.79. The molecule has 0 spiro atoms. The van der Waals surface area contributed by atoms with E-state index in [0.717, 1.165) is 32.8 Å². The molecule has 18 heavy (non-hydrogen) atoms. The van der Waals surface area contributed by atoms with Crippen LogP contribution in [0.15, 0.2) is 36.4 Å². The molecule has 1 fully saturated rings. The van der Waals surface area contributed by atoms with E-state index in [4.69, 9.17) is 9.47 Å². The lowest BCUT2D eigenvalue weighted by Gasteiger charge is -2.25. The largest absolute Gasteiger partial charge is 0.490 e. The number of halogens is 1. The molecule has 1 aromatic carbocycles. The molecule has 1 saturated heterocycles. The summed E-state index contributed by atoms with van der Waals surface area (Å²) in [6, 6.07) is 6.05. The van der Waals surface area contributed by atoms with Gasteiger partial charge in [0.05, 0.1) is 13.2 Å². The predicted molar refractivity (Wildman–Crippen MR) is 68.3 cm³/mol. The standard InChI is InChI=1S/C14H18FNO2/c15-13-3-5-14(6-4-13)18-10-2-1-7-16-8-11-17-12-9-16/h1-6H,7-12H2. The summed E-state index contributed by atoms with van der Waals surface area (Å²) >= 11 is 0. The Hall–Kier alpha value is -1.39. The molecule has 0 saturated carbocycles. The first kappa shape index (κ1) is 13.1. The van der Waals surface area contributed by atoms with Crippen LogP contribution in [0.25, 0.3) is 0 Å². The van der Waals surface area contributed by atoms with Crippen LogP contribution in [-0.4, -0.2) is 44.4 Å². The zero-order valence-corrected chi connectivity index (χ0v) is 10.3. The normalized spacial score (nSPS) is 17.2.